The number of aliphatic hydroxyl groups excluding tert-OH is 1. The third-order valence-corrected chi connectivity index (χ3v) is 4.03. The van der Waals surface area contributed by atoms with Crippen molar-refractivity contribution in [3.63, 3.8) is 0 Å². The predicted molar refractivity (Wildman–Crippen MR) is 65.6 cm³/mol. The first kappa shape index (κ1) is 12.5. The summed E-state index contributed by atoms with van der Waals surface area (Å²) in [5.74, 6) is 0.848. The summed E-state index contributed by atoms with van der Waals surface area (Å²) in [7, 11) is 0. The highest BCUT2D eigenvalue weighted by Crippen LogP contribution is 2.43. The topological polar surface area (TPSA) is 20.2 Å². The lowest BCUT2D eigenvalue weighted by molar-refractivity contribution is 0.156. The average Bonchev–Trinajstić information content (AvgIpc) is 2.39. The number of rotatable bonds is 3. The summed E-state index contributed by atoms with van der Waals surface area (Å²) in [6.07, 6.45) is 7.66. The van der Waals surface area contributed by atoms with E-state index in [1.807, 2.05) is 6.92 Å². The van der Waals surface area contributed by atoms with Crippen molar-refractivity contribution in [2.24, 2.45) is 17.3 Å². The van der Waals surface area contributed by atoms with Crippen LogP contribution in [0.15, 0.2) is 23.8 Å². The number of hydrogen-bond donors (Lipinski definition) is 1. The van der Waals surface area contributed by atoms with Gasteiger partial charge in [-0.1, -0.05) is 44.6 Å². The Morgan fingerprint density at radius 2 is 2.07 bits per heavy atom. The highest BCUT2D eigenvalue weighted by molar-refractivity contribution is 5.22. The van der Waals surface area contributed by atoms with Crippen molar-refractivity contribution < 1.29 is 5.11 Å². The molecule has 1 aliphatic rings. The largest absolute Gasteiger partial charge is 0.393 e. The van der Waals surface area contributed by atoms with Crippen LogP contribution in [0.4, 0.5) is 0 Å². The van der Waals surface area contributed by atoms with Crippen molar-refractivity contribution in [1.82, 2.24) is 0 Å². The van der Waals surface area contributed by atoms with Gasteiger partial charge in [0.25, 0.3) is 0 Å². The molecule has 0 bridgehead atoms. The Morgan fingerprint density at radius 3 is 2.47 bits per heavy atom. The summed E-state index contributed by atoms with van der Waals surface area (Å²) >= 11 is 0. The van der Waals surface area contributed by atoms with Gasteiger partial charge in [-0.05, 0) is 37.5 Å². The van der Waals surface area contributed by atoms with E-state index in [1.165, 1.54) is 5.57 Å². The molecule has 86 valence electrons. The van der Waals surface area contributed by atoms with Gasteiger partial charge in [0, 0.05) is 0 Å². The normalized spacial score (nSPS) is 29.2. The molecule has 0 heterocycles. The van der Waals surface area contributed by atoms with Gasteiger partial charge in [0.2, 0.25) is 0 Å². The molecular weight excluding hydrogens is 184 g/mol. The van der Waals surface area contributed by atoms with Crippen molar-refractivity contribution in [1.29, 1.82) is 0 Å². The molecule has 3 atom stereocenters. The molecule has 0 saturated heterocycles. The van der Waals surface area contributed by atoms with E-state index in [2.05, 4.69) is 45.9 Å². The summed E-state index contributed by atoms with van der Waals surface area (Å²) in [4.78, 5) is 0. The maximum Gasteiger partial charge on any atom is 0.0572 e. The van der Waals surface area contributed by atoms with Gasteiger partial charge in [-0.15, -0.1) is 0 Å². The molecule has 0 fully saturated rings. The second-order valence-electron chi connectivity index (χ2n) is 5.44. The van der Waals surface area contributed by atoms with Crippen LogP contribution in [0.5, 0.6) is 0 Å². The zero-order chi connectivity index (χ0) is 11.6. The third-order valence-electron chi connectivity index (χ3n) is 4.03. The Kier molecular flexibility index (Phi) is 3.77. The van der Waals surface area contributed by atoms with Crippen LogP contribution in [0.2, 0.25) is 0 Å². The van der Waals surface area contributed by atoms with Gasteiger partial charge in [-0.3, -0.25) is 0 Å². The summed E-state index contributed by atoms with van der Waals surface area (Å²) in [6.45, 7) is 10.7. The lowest BCUT2D eigenvalue weighted by Crippen LogP contribution is -2.19. The highest BCUT2D eigenvalue weighted by atomic mass is 16.3. The molecule has 0 unspecified atom stereocenters. The monoisotopic (exact) mass is 208 g/mol. The smallest absolute Gasteiger partial charge is 0.0572 e. The zero-order valence-electron chi connectivity index (χ0n) is 10.6. The van der Waals surface area contributed by atoms with Gasteiger partial charge in [0.15, 0.2) is 0 Å². The molecule has 1 nitrogen and oxygen atoms in total. The van der Waals surface area contributed by atoms with E-state index in [4.69, 9.17) is 0 Å². The molecule has 0 spiro atoms. The highest BCUT2D eigenvalue weighted by Gasteiger charge is 2.32. The molecule has 1 heteroatoms. The van der Waals surface area contributed by atoms with Crippen LogP contribution in [0, 0.1) is 17.3 Å². The van der Waals surface area contributed by atoms with Gasteiger partial charge in [-0.25, -0.2) is 0 Å². The van der Waals surface area contributed by atoms with Crippen molar-refractivity contribution in [3.8, 4) is 0 Å². The van der Waals surface area contributed by atoms with Crippen molar-refractivity contribution in [3.05, 3.63) is 23.8 Å². The summed E-state index contributed by atoms with van der Waals surface area (Å²) < 4.78 is 0. The number of hydrogen-bond acceptors (Lipinski definition) is 1. The van der Waals surface area contributed by atoms with Gasteiger partial charge < -0.3 is 5.11 Å². The van der Waals surface area contributed by atoms with E-state index in [0.29, 0.717) is 5.92 Å². The van der Waals surface area contributed by atoms with Crippen LogP contribution in [0.1, 0.15) is 41.0 Å². The van der Waals surface area contributed by atoms with Crippen LogP contribution in [0.3, 0.4) is 0 Å². The fourth-order valence-corrected chi connectivity index (χ4v) is 1.94. The van der Waals surface area contributed by atoms with Crippen LogP contribution in [-0.2, 0) is 0 Å². The average molecular weight is 208 g/mol. The Hall–Kier alpha value is -0.560. The first-order valence-electron chi connectivity index (χ1n) is 5.89. The molecule has 15 heavy (non-hydrogen) atoms. The van der Waals surface area contributed by atoms with E-state index >= 15 is 0 Å². The molecule has 0 aromatic heterocycles. The van der Waals surface area contributed by atoms with Gasteiger partial charge in [-0.2, -0.15) is 0 Å². The maximum absolute atomic E-state index is 9.41. The van der Waals surface area contributed by atoms with Crippen molar-refractivity contribution in [2.75, 3.05) is 0 Å². The van der Waals surface area contributed by atoms with E-state index in [-0.39, 0.29) is 17.4 Å². The molecular formula is C14H24O. The number of allylic oxidation sites excluding steroid dienone is 3. The van der Waals surface area contributed by atoms with Crippen molar-refractivity contribution >= 4 is 0 Å². The van der Waals surface area contributed by atoms with Gasteiger partial charge in [0.05, 0.1) is 6.10 Å². The third kappa shape index (κ3) is 2.72. The predicted octanol–water partition coefficient (Wildman–Crippen LogP) is 3.55. The quantitative estimate of drug-likeness (QED) is 0.703. The zero-order valence-corrected chi connectivity index (χ0v) is 10.6. The first-order chi connectivity index (χ1) is 6.85. The standard InChI is InChI=1S/C14H24O/c1-10(12(3)15)6-8-13-9-7-11(2)14(13,4)5/h6-8,10,12-13,15H,9H2,1-5H3/b8-6+/t10-,12+,13-/m0/s1. The van der Waals surface area contributed by atoms with Gasteiger partial charge in [0.1, 0.15) is 0 Å². The minimum Gasteiger partial charge on any atom is -0.393 e. The maximum atomic E-state index is 9.41. The first-order valence-corrected chi connectivity index (χ1v) is 5.89. The van der Waals surface area contributed by atoms with E-state index in [0.717, 1.165) is 6.42 Å². The van der Waals surface area contributed by atoms with E-state index < -0.39 is 0 Å². The molecule has 0 amide bonds. The van der Waals surface area contributed by atoms with Crippen LogP contribution < -0.4 is 0 Å². The SMILES string of the molecule is CC1=CC[C@H](/C=C/[C@H](C)[C@@H](C)O)C1(C)C. The second kappa shape index (κ2) is 4.52. The Morgan fingerprint density at radius 1 is 1.47 bits per heavy atom. The Balaban J connectivity index is 2.62. The molecule has 0 aliphatic heterocycles. The Bertz CT molecular complexity index is 271. The minimum absolute atomic E-state index is 0.250. The molecule has 0 aromatic carbocycles. The van der Waals surface area contributed by atoms with E-state index in [1.54, 1.807) is 0 Å². The molecule has 1 aliphatic carbocycles. The fourth-order valence-electron chi connectivity index (χ4n) is 1.94. The van der Waals surface area contributed by atoms with Gasteiger partial charge >= 0.3 is 0 Å². The summed E-state index contributed by atoms with van der Waals surface area (Å²) in [5, 5.41) is 9.41. The van der Waals surface area contributed by atoms with Crippen LogP contribution in [0.25, 0.3) is 0 Å². The lowest BCUT2D eigenvalue weighted by atomic mass is 9.77. The van der Waals surface area contributed by atoms with E-state index in [9.17, 15) is 5.11 Å². The molecule has 1 N–H and O–H groups in total. The molecule has 0 radical (unpaired) electrons. The van der Waals surface area contributed by atoms with Crippen LogP contribution in [-0.4, -0.2) is 11.2 Å². The fraction of sp³-hybridized carbons (Fsp3) is 0.714. The van der Waals surface area contributed by atoms with Crippen molar-refractivity contribution in [2.45, 2.75) is 47.1 Å². The van der Waals surface area contributed by atoms with Crippen LogP contribution >= 0.6 is 0 Å². The minimum atomic E-state index is -0.250. The summed E-state index contributed by atoms with van der Waals surface area (Å²) in [6, 6.07) is 0. The Labute approximate surface area is 93.9 Å². The molecule has 1 rings (SSSR count). The summed E-state index contributed by atoms with van der Waals surface area (Å²) in [5.41, 5.74) is 1.77. The molecule has 0 saturated carbocycles. The molecule has 0 aromatic rings. The second-order valence-corrected chi connectivity index (χ2v) is 5.44. The lowest BCUT2D eigenvalue weighted by Gasteiger charge is -2.27. The number of aliphatic hydroxyl groups is 1.